The van der Waals surface area contributed by atoms with Crippen molar-refractivity contribution in [1.82, 2.24) is 15.1 Å². The highest BCUT2D eigenvalue weighted by Gasteiger charge is 2.17. The molecule has 1 rings (SSSR count). The van der Waals surface area contributed by atoms with Crippen LogP contribution in [-0.4, -0.2) is 41.1 Å². The Bertz CT molecular complexity index is 643. The van der Waals surface area contributed by atoms with Crippen molar-refractivity contribution in [3.63, 3.8) is 0 Å². The molecule has 0 radical (unpaired) electrons. The lowest BCUT2D eigenvalue weighted by atomic mass is 10.2. The Hall–Kier alpha value is -1.57. The summed E-state index contributed by atoms with van der Waals surface area (Å²) in [5.74, 6) is -0.912. The number of hydrogen-bond donors (Lipinski definition) is 1. The minimum absolute atomic E-state index is 0.0971. The van der Waals surface area contributed by atoms with Crippen molar-refractivity contribution >= 4 is 28.0 Å². The molecule has 1 heterocycles. The quantitative estimate of drug-likeness (QED) is 0.838. The topological polar surface area (TPSA) is 82.5 Å². The van der Waals surface area contributed by atoms with Crippen LogP contribution >= 0.6 is 15.9 Å². The molecule has 1 aromatic heterocycles. The largest absolute Gasteiger partial charge is 0.464 e. The standard InChI is InChI=1S/C12H18BrN3O4/c1-12(2,3)20-11(18)14-5-6-16-8(10(17)19-4)7-9(13)15-16/h7H,5-6H2,1-4H3,(H,14,18)/i5D2,6D2. The van der Waals surface area contributed by atoms with Gasteiger partial charge in [-0.25, -0.2) is 9.59 Å². The van der Waals surface area contributed by atoms with Crippen LogP contribution in [0.15, 0.2) is 10.7 Å². The van der Waals surface area contributed by atoms with E-state index >= 15 is 0 Å². The Morgan fingerprint density at radius 2 is 2.20 bits per heavy atom. The van der Waals surface area contributed by atoms with Crippen molar-refractivity contribution < 1.29 is 24.5 Å². The van der Waals surface area contributed by atoms with E-state index in [4.69, 9.17) is 10.2 Å². The summed E-state index contributed by atoms with van der Waals surface area (Å²) in [6.45, 7) is -1.12. The first-order valence-electron chi connectivity index (χ1n) is 7.57. The first kappa shape index (κ1) is 11.1. The van der Waals surface area contributed by atoms with E-state index in [1.165, 1.54) is 6.07 Å². The van der Waals surface area contributed by atoms with E-state index in [1.807, 2.05) is 5.32 Å². The molecule has 0 saturated carbocycles. The number of alkyl carbamates (subject to hydrolysis) is 1. The highest BCUT2D eigenvalue weighted by Crippen LogP contribution is 2.11. The third kappa shape index (κ3) is 5.20. The molecule has 0 aliphatic rings. The minimum atomic E-state index is -2.94. The Kier molecular flexibility index (Phi) is 3.75. The van der Waals surface area contributed by atoms with Gasteiger partial charge in [-0.2, -0.15) is 5.10 Å². The highest BCUT2D eigenvalue weighted by molar-refractivity contribution is 9.10. The summed E-state index contributed by atoms with van der Waals surface area (Å²) in [6.07, 6.45) is -1.15. The van der Waals surface area contributed by atoms with Crippen LogP contribution in [0, 0.1) is 0 Å². The van der Waals surface area contributed by atoms with Crippen LogP contribution in [0.3, 0.4) is 0 Å². The summed E-state index contributed by atoms with van der Waals surface area (Å²) in [4.78, 5) is 23.5. The normalized spacial score (nSPS) is 15.4. The number of esters is 1. The molecule has 1 amide bonds. The second-order valence-electron chi connectivity index (χ2n) is 4.62. The maximum Gasteiger partial charge on any atom is 0.407 e. The molecule has 0 aliphatic heterocycles. The van der Waals surface area contributed by atoms with Gasteiger partial charge < -0.3 is 14.8 Å². The molecule has 0 unspecified atom stereocenters. The van der Waals surface area contributed by atoms with Crippen molar-refractivity contribution in [2.45, 2.75) is 32.9 Å². The number of ether oxygens (including phenoxy) is 2. The molecule has 112 valence electrons. The van der Waals surface area contributed by atoms with Gasteiger partial charge in [0.05, 0.1) is 19.1 Å². The van der Waals surface area contributed by atoms with Crippen LogP contribution < -0.4 is 5.32 Å². The van der Waals surface area contributed by atoms with Crippen LogP contribution in [0.2, 0.25) is 0 Å². The van der Waals surface area contributed by atoms with Gasteiger partial charge in [-0.3, -0.25) is 4.68 Å². The molecular weight excluding hydrogens is 330 g/mol. The van der Waals surface area contributed by atoms with Gasteiger partial charge in [0.15, 0.2) is 0 Å². The second kappa shape index (κ2) is 6.74. The third-order valence-electron chi connectivity index (χ3n) is 1.80. The zero-order valence-corrected chi connectivity index (χ0v) is 13.1. The Morgan fingerprint density at radius 3 is 2.75 bits per heavy atom. The van der Waals surface area contributed by atoms with Gasteiger partial charge in [-0.05, 0) is 36.7 Å². The van der Waals surface area contributed by atoms with Crippen LogP contribution in [0.1, 0.15) is 36.7 Å². The molecule has 1 N–H and O–H groups in total. The summed E-state index contributed by atoms with van der Waals surface area (Å²) in [5.41, 5.74) is -1.22. The van der Waals surface area contributed by atoms with Gasteiger partial charge in [0.1, 0.15) is 15.9 Å². The predicted octanol–water partition coefficient (Wildman–Crippen LogP) is 1.96. The van der Waals surface area contributed by atoms with Crippen LogP contribution in [0.4, 0.5) is 4.79 Å². The summed E-state index contributed by atoms with van der Waals surface area (Å²) in [6, 6.07) is 1.17. The first-order valence-corrected chi connectivity index (χ1v) is 6.36. The molecule has 0 bridgehead atoms. The zero-order chi connectivity index (χ0) is 18.9. The fourth-order valence-electron chi connectivity index (χ4n) is 1.12. The van der Waals surface area contributed by atoms with Crippen LogP contribution in [0.25, 0.3) is 0 Å². The van der Waals surface area contributed by atoms with Gasteiger partial charge in [-0.15, -0.1) is 0 Å². The SMILES string of the molecule is [2H]C([2H])(NC(=O)OC(C)(C)C)C([2H])([2H])n1nc(Br)cc1C(=O)OC. The second-order valence-corrected chi connectivity index (χ2v) is 5.43. The number of hydrogen-bond acceptors (Lipinski definition) is 5. The van der Waals surface area contributed by atoms with Crippen molar-refractivity contribution in [3.05, 3.63) is 16.4 Å². The van der Waals surface area contributed by atoms with Gasteiger partial charge >= 0.3 is 12.1 Å². The van der Waals surface area contributed by atoms with Crippen molar-refractivity contribution in [3.8, 4) is 0 Å². The molecule has 7 nitrogen and oxygen atoms in total. The number of nitrogens with one attached hydrogen (secondary N) is 1. The number of nitrogens with zero attached hydrogens (tertiary/aromatic N) is 2. The minimum Gasteiger partial charge on any atom is -0.464 e. The predicted molar refractivity (Wildman–Crippen MR) is 75.5 cm³/mol. The molecule has 0 spiro atoms. The Balaban J connectivity index is 3.18. The Labute approximate surface area is 131 Å². The molecule has 0 saturated heterocycles. The first-order chi connectivity index (χ1) is 10.7. The maximum absolute atomic E-state index is 11.8. The van der Waals surface area contributed by atoms with E-state index in [9.17, 15) is 9.59 Å². The van der Waals surface area contributed by atoms with E-state index in [-0.39, 0.29) is 10.3 Å². The number of carbonyl (C=O) groups excluding carboxylic acids is 2. The molecule has 0 atom stereocenters. The number of rotatable bonds is 4. The Morgan fingerprint density at radius 1 is 1.55 bits per heavy atom. The van der Waals surface area contributed by atoms with Gasteiger partial charge in [0, 0.05) is 12.6 Å². The fourth-order valence-corrected chi connectivity index (χ4v) is 1.50. The van der Waals surface area contributed by atoms with E-state index in [0.29, 0.717) is 4.68 Å². The number of aromatic nitrogens is 2. The molecule has 0 fully saturated rings. The average molecular weight is 352 g/mol. The monoisotopic (exact) mass is 351 g/mol. The van der Waals surface area contributed by atoms with E-state index in [1.54, 1.807) is 20.8 Å². The third-order valence-corrected chi connectivity index (χ3v) is 2.19. The van der Waals surface area contributed by atoms with Crippen molar-refractivity contribution in [2.75, 3.05) is 13.6 Å². The van der Waals surface area contributed by atoms with Gasteiger partial charge in [0.25, 0.3) is 0 Å². The molecule has 0 aliphatic carbocycles. The lowest BCUT2D eigenvalue weighted by Gasteiger charge is -2.19. The average Bonchev–Trinajstić information content (AvgIpc) is 2.77. The molecule has 8 heteroatoms. The number of aryl methyl sites for hydroxylation is 1. The van der Waals surface area contributed by atoms with Crippen molar-refractivity contribution in [2.24, 2.45) is 0 Å². The summed E-state index contributed by atoms with van der Waals surface area (Å²) < 4.78 is 41.8. The number of amides is 1. The molecule has 20 heavy (non-hydrogen) atoms. The van der Waals surface area contributed by atoms with Crippen molar-refractivity contribution in [1.29, 1.82) is 0 Å². The summed E-state index contributed by atoms with van der Waals surface area (Å²) in [7, 11) is 1.09. The number of carbonyl (C=O) groups is 2. The van der Waals surface area contributed by atoms with E-state index in [0.717, 1.165) is 7.11 Å². The van der Waals surface area contributed by atoms with Gasteiger partial charge in [0.2, 0.25) is 0 Å². The summed E-state index contributed by atoms with van der Waals surface area (Å²) >= 11 is 2.99. The van der Waals surface area contributed by atoms with Gasteiger partial charge in [-0.1, -0.05) is 0 Å². The fraction of sp³-hybridized carbons (Fsp3) is 0.583. The lowest BCUT2D eigenvalue weighted by molar-refractivity contribution is 0.0525. The maximum atomic E-state index is 11.8. The highest BCUT2D eigenvalue weighted by atomic mass is 79.9. The lowest BCUT2D eigenvalue weighted by Crippen LogP contribution is -2.34. The van der Waals surface area contributed by atoms with E-state index in [2.05, 4.69) is 25.8 Å². The smallest absolute Gasteiger partial charge is 0.407 e. The number of halogens is 1. The zero-order valence-electron chi connectivity index (χ0n) is 15.5. The van der Waals surface area contributed by atoms with Crippen LogP contribution in [-0.2, 0) is 16.0 Å². The van der Waals surface area contributed by atoms with E-state index < -0.39 is 30.7 Å². The molecule has 0 aromatic carbocycles. The molecule has 1 aromatic rings. The van der Waals surface area contributed by atoms with Crippen LogP contribution in [0.5, 0.6) is 0 Å². The summed E-state index contributed by atoms with van der Waals surface area (Å²) in [5, 5.41) is 5.54. The number of methoxy groups -OCH3 is 1. The molecular formula is C12H18BrN3O4.